The number of benzene rings is 1. The lowest BCUT2D eigenvalue weighted by Crippen LogP contribution is -2.47. The second-order valence-corrected chi connectivity index (χ2v) is 5.40. The molecule has 0 atom stereocenters. The number of carbonyl (C=O) groups excluding carboxylic acids is 1. The second kappa shape index (κ2) is 6.65. The van der Waals surface area contributed by atoms with Crippen LogP contribution in [-0.2, 0) is 6.54 Å². The molecule has 0 spiro atoms. The van der Waals surface area contributed by atoms with Gasteiger partial charge in [0.1, 0.15) is 0 Å². The Morgan fingerprint density at radius 1 is 1.10 bits per heavy atom. The summed E-state index contributed by atoms with van der Waals surface area (Å²) < 4.78 is 0. The monoisotopic (exact) mass is 284 g/mol. The largest absolute Gasteiger partial charge is 0.342 e. The van der Waals surface area contributed by atoms with E-state index >= 15 is 0 Å². The highest BCUT2D eigenvalue weighted by Crippen LogP contribution is 2.08. The van der Waals surface area contributed by atoms with Gasteiger partial charge in [0.2, 0.25) is 5.78 Å². The van der Waals surface area contributed by atoms with Crippen molar-refractivity contribution >= 4 is 5.78 Å². The molecule has 1 aliphatic heterocycles. The first-order valence-electron chi connectivity index (χ1n) is 7.32. The maximum atomic E-state index is 12.0. The molecule has 2 aromatic rings. The van der Waals surface area contributed by atoms with Gasteiger partial charge in [-0.15, -0.1) is 0 Å². The lowest BCUT2D eigenvalue weighted by molar-refractivity contribution is 0.0835. The van der Waals surface area contributed by atoms with Crippen LogP contribution in [-0.4, -0.2) is 58.3 Å². The Morgan fingerprint density at radius 3 is 2.48 bits per heavy atom. The molecule has 5 nitrogen and oxygen atoms in total. The van der Waals surface area contributed by atoms with Gasteiger partial charge in [0.05, 0.1) is 6.54 Å². The quantitative estimate of drug-likeness (QED) is 0.844. The molecule has 5 heteroatoms. The number of H-pyrrole nitrogens is 1. The number of imidazole rings is 1. The standard InChI is InChI=1S/C16H20N4O/c21-15(16-17-6-7-18-16)13-20-10-8-19(9-11-20)12-14-4-2-1-3-5-14/h1-7H,8-13H2,(H,17,18). The highest BCUT2D eigenvalue weighted by molar-refractivity contribution is 5.94. The first kappa shape index (κ1) is 14.0. The number of Topliss-reactive ketones (excluding diaryl/α,β-unsaturated/α-hetero) is 1. The molecule has 0 aliphatic carbocycles. The minimum absolute atomic E-state index is 0.0662. The second-order valence-electron chi connectivity index (χ2n) is 5.40. The summed E-state index contributed by atoms with van der Waals surface area (Å²) in [6.45, 7) is 5.30. The van der Waals surface area contributed by atoms with Gasteiger partial charge in [0.15, 0.2) is 5.82 Å². The van der Waals surface area contributed by atoms with Crippen molar-refractivity contribution in [1.82, 2.24) is 19.8 Å². The zero-order valence-electron chi connectivity index (χ0n) is 12.0. The van der Waals surface area contributed by atoms with Crippen LogP contribution in [0.1, 0.15) is 16.2 Å². The summed E-state index contributed by atoms with van der Waals surface area (Å²) in [6, 6.07) is 10.5. The van der Waals surface area contributed by atoms with E-state index in [0.29, 0.717) is 12.4 Å². The van der Waals surface area contributed by atoms with Gasteiger partial charge in [-0.25, -0.2) is 4.98 Å². The Bertz CT molecular complexity index is 559. The number of ketones is 1. The zero-order chi connectivity index (χ0) is 14.5. The molecule has 0 unspecified atom stereocenters. The summed E-state index contributed by atoms with van der Waals surface area (Å²) in [5.74, 6) is 0.526. The number of carbonyl (C=O) groups is 1. The summed E-state index contributed by atoms with van der Waals surface area (Å²) in [6.07, 6.45) is 3.30. The van der Waals surface area contributed by atoms with Gasteiger partial charge in [-0.05, 0) is 5.56 Å². The van der Waals surface area contributed by atoms with Crippen LogP contribution in [0.4, 0.5) is 0 Å². The van der Waals surface area contributed by atoms with Gasteiger partial charge in [-0.3, -0.25) is 14.6 Å². The van der Waals surface area contributed by atoms with Crippen molar-refractivity contribution < 1.29 is 4.79 Å². The van der Waals surface area contributed by atoms with E-state index in [1.165, 1.54) is 5.56 Å². The van der Waals surface area contributed by atoms with Crippen LogP contribution in [0.2, 0.25) is 0 Å². The van der Waals surface area contributed by atoms with Gasteiger partial charge in [-0.1, -0.05) is 30.3 Å². The number of piperazine rings is 1. The van der Waals surface area contributed by atoms with Gasteiger partial charge >= 0.3 is 0 Å². The van der Waals surface area contributed by atoms with Crippen molar-refractivity contribution in [2.45, 2.75) is 6.54 Å². The molecule has 1 aromatic carbocycles. The number of hydrogen-bond donors (Lipinski definition) is 1. The van der Waals surface area contributed by atoms with E-state index in [9.17, 15) is 4.79 Å². The first-order chi connectivity index (χ1) is 10.3. The van der Waals surface area contributed by atoms with Crippen LogP contribution >= 0.6 is 0 Å². The maximum absolute atomic E-state index is 12.0. The Hall–Kier alpha value is -1.98. The Kier molecular flexibility index (Phi) is 4.43. The molecule has 0 saturated carbocycles. The van der Waals surface area contributed by atoms with Crippen LogP contribution in [0.5, 0.6) is 0 Å². The highest BCUT2D eigenvalue weighted by atomic mass is 16.1. The van der Waals surface area contributed by atoms with E-state index in [1.54, 1.807) is 12.4 Å². The molecule has 0 amide bonds. The summed E-state index contributed by atoms with van der Waals surface area (Å²) >= 11 is 0. The highest BCUT2D eigenvalue weighted by Gasteiger charge is 2.20. The van der Waals surface area contributed by atoms with Crippen LogP contribution in [0.3, 0.4) is 0 Å². The van der Waals surface area contributed by atoms with Crippen molar-refractivity contribution in [3.8, 4) is 0 Å². The summed E-state index contributed by atoms with van der Waals surface area (Å²) in [5.41, 5.74) is 1.35. The molecule has 1 fully saturated rings. The molecule has 3 rings (SSSR count). The molecule has 0 radical (unpaired) electrons. The number of aromatic nitrogens is 2. The van der Waals surface area contributed by atoms with Crippen molar-refractivity contribution in [2.24, 2.45) is 0 Å². The van der Waals surface area contributed by atoms with Gasteiger partial charge in [0, 0.05) is 45.1 Å². The lowest BCUT2D eigenvalue weighted by Gasteiger charge is -2.34. The van der Waals surface area contributed by atoms with Crippen molar-refractivity contribution in [2.75, 3.05) is 32.7 Å². The topological polar surface area (TPSA) is 52.2 Å². The van der Waals surface area contributed by atoms with Crippen LogP contribution in [0, 0.1) is 0 Å². The van der Waals surface area contributed by atoms with E-state index in [4.69, 9.17) is 0 Å². The molecule has 1 aromatic heterocycles. The molecule has 1 N–H and O–H groups in total. The third-order valence-electron chi connectivity index (χ3n) is 3.84. The Labute approximate surface area is 124 Å². The average molecular weight is 284 g/mol. The van der Waals surface area contributed by atoms with Crippen molar-refractivity contribution in [3.05, 3.63) is 54.1 Å². The van der Waals surface area contributed by atoms with Crippen LogP contribution in [0.25, 0.3) is 0 Å². The van der Waals surface area contributed by atoms with E-state index in [-0.39, 0.29) is 5.78 Å². The molecule has 2 heterocycles. The lowest BCUT2D eigenvalue weighted by atomic mass is 10.2. The smallest absolute Gasteiger partial charge is 0.211 e. The summed E-state index contributed by atoms with van der Waals surface area (Å²) in [5, 5.41) is 0. The van der Waals surface area contributed by atoms with E-state index < -0.39 is 0 Å². The van der Waals surface area contributed by atoms with E-state index in [1.807, 2.05) is 6.07 Å². The molecule has 110 valence electrons. The normalized spacial score (nSPS) is 17.0. The zero-order valence-corrected chi connectivity index (χ0v) is 12.0. The number of nitrogens with zero attached hydrogens (tertiary/aromatic N) is 3. The van der Waals surface area contributed by atoms with Crippen LogP contribution < -0.4 is 0 Å². The number of nitrogens with one attached hydrogen (secondary N) is 1. The number of hydrogen-bond acceptors (Lipinski definition) is 4. The van der Waals surface area contributed by atoms with Crippen LogP contribution in [0.15, 0.2) is 42.7 Å². The Morgan fingerprint density at radius 2 is 1.81 bits per heavy atom. The van der Waals surface area contributed by atoms with Gasteiger partial charge in [0.25, 0.3) is 0 Å². The average Bonchev–Trinajstić information content (AvgIpc) is 3.05. The number of rotatable bonds is 5. The summed E-state index contributed by atoms with van der Waals surface area (Å²) in [4.78, 5) is 23.5. The molecule has 1 aliphatic rings. The Balaban J connectivity index is 1.46. The third kappa shape index (κ3) is 3.77. The van der Waals surface area contributed by atoms with Gasteiger partial charge in [-0.2, -0.15) is 0 Å². The van der Waals surface area contributed by atoms with Gasteiger partial charge < -0.3 is 4.98 Å². The molecular weight excluding hydrogens is 264 g/mol. The summed E-state index contributed by atoms with van der Waals surface area (Å²) in [7, 11) is 0. The maximum Gasteiger partial charge on any atom is 0.211 e. The number of aromatic amines is 1. The molecule has 1 saturated heterocycles. The van der Waals surface area contributed by atoms with E-state index in [0.717, 1.165) is 32.7 Å². The fraction of sp³-hybridized carbons (Fsp3) is 0.375. The van der Waals surface area contributed by atoms with E-state index in [2.05, 4.69) is 44.0 Å². The minimum atomic E-state index is 0.0662. The SMILES string of the molecule is O=C(CN1CCN(Cc2ccccc2)CC1)c1ncc[nH]1. The minimum Gasteiger partial charge on any atom is -0.342 e. The predicted molar refractivity (Wildman–Crippen MR) is 81.1 cm³/mol. The molecule has 0 bridgehead atoms. The molecule has 21 heavy (non-hydrogen) atoms. The fourth-order valence-electron chi connectivity index (χ4n) is 2.64. The van der Waals surface area contributed by atoms with Crippen molar-refractivity contribution in [1.29, 1.82) is 0 Å². The predicted octanol–water partition coefficient (Wildman–Crippen LogP) is 1.41. The third-order valence-corrected chi connectivity index (χ3v) is 3.84. The first-order valence-corrected chi connectivity index (χ1v) is 7.32. The van der Waals surface area contributed by atoms with Crippen molar-refractivity contribution in [3.63, 3.8) is 0 Å². The molecular formula is C16H20N4O. The fourth-order valence-corrected chi connectivity index (χ4v) is 2.64.